The molecule has 110 valence electrons. The SMILES string of the molecule is CCOc1c(C(C)N)cc(Cl)c(C)c1N1CCCC1=O. The number of amides is 1. The molecule has 0 aliphatic carbocycles. The topological polar surface area (TPSA) is 55.6 Å². The highest BCUT2D eigenvalue weighted by molar-refractivity contribution is 6.32. The fourth-order valence-corrected chi connectivity index (χ4v) is 2.78. The van der Waals surface area contributed by atoms with Crippen LogP contribution in [0, 0.1) is 6.92 Å². The van der Waals surface area contributed by atoms with Crippen LogP contribution >= 0.6 is 11.6 Å². The van der Waals surface area contributed by atoms with Crippen molar-refractivity contribution in [2.24, 2.45) is 5.73 Å². The van der Waals surface area contributed by atoms with E-state index in [0.29, 0.717) is 30.3 Å². The number of ether oxygens (including phenoxy) is 1. The minimum atomic E-state index is -0.203. The molecule has 1 aliphatic rings. The zero-order valence-electron chi connectivity index (χ0n) is 12.2. The van der Waals surface area contributed by atoms with Crippen molar-refractivity contribution in [1.29, 1.82) is 0 Å². The van der Waals surface area contributed by atoms with Gasteiger partial charge in [-0.25, -0.2) is 0 Å². The minimum Gasteiger partial charge on any atom is -0.491 e. The summed E-state index contributed by atoms with van der Waals surface area (Å²) in [6.45, 7) is 6.95. The number of rotatable bonds is 4. The van der Waals surface area contributed by atoms with Gasteiger partial charge < -0.3 is 15.4 Å². The van der Waals surface area contributed by atoms with Crippen molar-refractivity contribution in [2.75, 3.05) is 18.1 Å². The molecular formula is C15H21ClN2O2. The van der Waals surface area contributed by atoms with Gasteiger partial charge in [-0.3, -0.25) is 4.79 Å². The molecule has 0 saturated carbocycles. The van der Waals surface area contributed by atoms with Gasteiger partial charge in [0.25, 0.3) is 0 Å². The predicted molar refractivity (Wildman–Crippen MR) is 81.5 cm³/mol. The maximum atomic E-state index is 12.1. The Morgan fingerprint density at radius 2 is 2.25 bits per heavy atom. The van der Waals surface area contributed by atoms with E-state index in [1.54, 1.807) is 4.90 Å². The third-order valence-corrected chi connectivity index (χ3v) is 3.99. The molecular weight excluding hydrogens is 276 g/mol. The van der Waals surface area contributed by atoms with Crippen LogP contribution in [-0.2, 0) is 4.79 Å². The van der Waals surface area contributed by atoms with E-state index in [4.69, 9.17) is 22.1 Å². The summed E-state index contributed by atoms with van der Waals surface area (Å²) in [6.07, 6.45) is 1.44. The molecule has 1 fully saturated rings. The summed E-state index contributed by atoms with van der Waals surface area (Å²) in [6, 6.07) is 1.64. The van der Waals surface area contributed by atoms with Crippen LogP contribution in [0.5, 0.6) is 5.75 Å². The van der Waals surface area contributed by atoms with Crippen molar-refractivity contribution < 1.29 is 9.53 Å². The number of benzene rings is 1. The first-order chi connectivity index (χ1) is 9.47. The molecule has 1 heterocycles. The van der Waals surface area contributed by atoms with Gasteiger partial charge in [-0.15, -0.1) is 0 Å². The van der Waals surface area contributed by atoms with Gasteiger partial charge in [0.1, 0.15) is 5.75 Å². The Kier molecular flexibility index (Phi) is 4.55. The first kappa shape index (κ1) is 15.1. The molecule has 1 amide bonds. The van der Waals surface area contributed by atoms with Gasteiger partial charge in [0.15, 0.2) is 0 Å². The number of hydrogen-bond donors (Lipinski definition) is 1. The van der Waals surface area contributed by atoms with Gasteiger partial charge in [-0.1, -0.05) is 11.6 Å². The summed E-state index contributed by atoms with van der Waals surface area (Å²) < 4.78 is 5.79. The van der Waals surface area contributed by atoms with E-state index in [1.807, 2.05) is 26.8 Å². The largest absolute Gasteiger partial charge is 0.491 e. The number of carbonyl (C=O) groups is 1. The van der Waals surface area contributed by atoms with E-state index in [1.165, 1.54) is 0 Å². The molecule has 0 bridgehead atoms. The molecule has 1 aromatic rings. The number of carbonyl (C=O) groups excluding carboxylic acids is 1. The van der Waals surface area contributed by atoms with Crippen molar-refractivity contribution >= 4 is 23.2 Å². The average molecular weight is 297 g/mol. The Hall–Kier alpha value is -1.26. The van der Waals surface area contributed by atoms with E-state index in [2.05, 4.69) is 0 Å². The summed E-state index contributed by atoms with van der Waals surface area (Å²) in [5, 5.41) is 0.621. The number of hydrogen-bond acceptors (Lipinski definition) is 3. The fraction of sp³-hybridized carbons (Fsp3) is 0.533. The minimum absolute atomic E-state index is 0.118. The Balaban J connectivity index is 2.65. The zero-order valence-corrected chi connectivity index (χ0v) is 13.0. The third-order valence-electron chi connectivity index (χ3n) is 3.60. The van der Waals surface area contributed by atoms with Crippen LogP contribution in [0.4, 0.5) is 5.69 Å². The number of nitrogens with zero attached hydrogens (tertiary/aromatic N) is 1. The van der Waals surface area contributed by atoms with Gasteiger partial charge in [0.05, 0.1) is 12.3 Å². The van der Waals surface area contributed by atoms with E-state index >= 15 is 0 Å². The first-order valence-electron chi connectivity index (χ1n) is 6.99. The molecule has 1 aliphatic heterocycles. The number of halogens is 1. The summed E-state index contributed by atoms with van der Waals surface area (Å²) in [5.41, 5.74) is 8.52. The number of nitrogens with two attached hydrogens (primary N) is 1. The van der Waals surface area contributed by atoms with Crippen LogP contribution in [0.25, 0.3) is 0 Å². The summed E-state index contributed by atoms with van der Waals surface area (Å²) in [4.78, 5) is 13.8. The molecule has 5 heteroatoms. The van der Waals surface area contributed by atoms with Crippen molar-refractivity contribution in [3.63, 3.8) is 0 Å². The van der Waals surface area contributed by atoms with E-state index in [0.717, 1.165) is 23.2 Å². The molecule has 1 aromatic carbocycles. The maximum absolute atomic E-state index is 12.1. The van der Waals surface area contributed by atoms with Crippen LogP contribution in [0.1, 0.15) is 43.9 Å². The van der Waals surface area contributed by atoms with Gasteiger partial charge in [0.2, 0.25) is 5.91 Å². The molecule has 0 radical (unpaired) electrons. The summed E-state index contributed by atoms with van der Waals surface area (Å²) in [7, 11) is 0. The van der Waals surface area contributed by atoms with Gasteiger partial charge >= 0.3 is 0 Å². The summed E-state index contributed by atoms with van der Waals surface area (Å²) >= 11 is 6.31. The normalized spacial score (nSPS) is 16.6. The second-order valence-electron chi connectivity index (χ2n) is 5.12. The summed E-state index contributed by atoms with van der Waals surface area (Å²) in [5.74, 6) is 0.812. The zero-order chi connectivity index (χ0) is 14.9. The van der Waals surface area contributed by atoms with E-state index in [-0.39, 0.29) is 11.9 Å². The highest BCUT2D eigenvalue weighted by atomic mass is 35.5. The Morgan fingerprint density at radius 3 is 2.75 bits per heavy atom. The molecule has 0 aromatic heterocycles. The lowest BCUT2D eigenvalue weighted by atomic mass is 10.0. The highest BCUT2D eigenvalue weighted by Gasteiger charge is 2.29. The molecule has 4 nitrogen and oxygen atoms in total. The standard InChI is InChI=1S/C15H21ClN2O2/c1-4-20-15-11(10(3)17)8-12(16)9(2)14(15)18-7-5-6-13(18)19/h8,10H,4-7,17H2,1-3H3. The van der Waals surface area contributed by atoms with E-state index < -0.39 is 0 Å². The highest BCUT2D eigenvalue weighted by Crippen LogP contribution is 2.43. The monoisotopic (exact) mass is 296 g/mol. The van der Waals surface area contributed by atoms with E-state index in [9.17, 15) is 4.79 Å². The molecule has 1 saturated heterocycles. The second kappa shape index (κ2) is 6.02. The van der Waals surface area contributed by atoms with Crippen LogP contribution in [0.3, 0.4) is 0 Å². The van der Waals surface area contributed by atoms with Gasteiger partial charge in [0, 0.05) is 29.6 Å². The van der Waals surface area contributed by atoms with Crippen molar-refractivity contribution in [3.8, 4) is 5.75 Å². The molecule has 20 heavy (non-hydrogen) atoms. The Bertz CT molecular complexity index is 529. The lowest BCUT2D eigenvalue weighted by Crippen LogP contribution is -2.26. The van der Waals surface area contributed by atoms with Gasteiger partial charge in [-0.05, 0) is 38.8 Å². The molecule has 2 N–H and O–H groups in total. The van der Waals surface area contributed by atoms with Crippen LogP contribution in [0.15, 0.2) is 6.07 Å². The van der Waals surface area contributed by atoms with Crippen LogP contribution in [-0.4, -0.2) is 19.1 Å². The van der Waals surface area contributed by atoms with Crippen LogP contribution < -0.4 is 15.4 Å². The van der Waals surface area contributed by atoms with Gasteiger partial charge in [-0.2, -0.15) is 0 Å². The fourth-order valence-electron chi connectivity index (χ4n) is 2.57. The molecule has 2 rings (SSSR count). The van der Waals surface area contributed by atoms with Crippen LogP contribution in [0.2, 0.25) is 5.02 Å². The molecule has 1 unspecified atom stereocenters. The maximum Gasteiger partial charge on any atom is 0.227 e. The second-order valence-corrected chi connectivity index (χ2v) is 5.53. The third kappa shape index (κ3) is 2.63. The molecule has 1 atom stereocenters. The Morgan fingerprint density at radius 1 is 1.55 bits per heavy atom. The first-order valence-corrected chi connectivity index (χ1v) is 7.36. The molecule has 0 spiro atoms. The van der Waals surface area contributed by atoms with Crippen molar-refractivity contribution in [2.45, 2.75) is 39.7 Å². The van der Waals surface area contributed by atoms with Crippen molar-refractivity contribution in [3.05, 3.63) is 22.2 Å². The number of anilines is 1. The van der Waals surface area contributed by atoms with Crippen molar-refractivity contribution in [1.82, 2.24) is 0 Å². The smallest absolute Gasteiger partial charge is 0.227 e. The lowest BCUT2D eigenvalue weighted by Gasteiger charge is -2.26. The Labute approximate surface area is 124 Å². The predicted octanol–water partition coefficient (Wildman–Crippen LogP) is 3.19. The average Bonchev–Trinajstić information content (AvgIpc) is 2.80. The quantitative estimate of drug-likeness (QED) is 0.928. The lowest BCUT2D eigenvalue weighted by molar-refractivity contribution is -0.117.